The van der Waals surface area contributed by atoms with Gasteiger partial charge in [-0.3, -0.25) is 0 Å². The van der Waals surface area contributed by atoms with Crippen molar-refractivity contribution in [2.24, 2.45) is 0 Å². The minimum atomic E-state index is 0.117. The zero-order valence-corrected chi connectivity index (χ0v) is 7.54. The molecule has 1 N–H and O–H groups in total. The van der Waals surface area contributed by atoms with Crippen LogP contribution in [0.2, 0.25) is 0 Å². The van der Waals surface area contributed by atoms with Crippen LogP contribution in [-0.4, -0.2) is 11.7 Å². The highest BCUT2D eigenvalue weighted by Crippen LogP contribution is 2.16. The molecule has 0 amide bonds. The van der Waals surface area contributed by atoms with Crippen LogP contribution in [0.4, 0.5) is 0 Å². The molecule has 0 saturated heterocycles. The van der Waals surface area contributed by atoms with Crippen molar-refractivity contribution in [1.82, 2.24) is 0 Å². The van der Waals surface area contributed by atoms with Crippen LogP contribution in [0.5, 0.6) is 0 Å². The Morgan fingerprint density at radius 3 is 2.17 bits per heavy atom. The van der Waals surface area contributed by atoms with Crippen LogP contribution in [0.15, 0.2) is 35.9 Å². The average Bonchev–Trinajstić information content (AvgIpc) is 2.07. The van der Waals surface area contributed by atoms with Gasteiger partial charge in [-0.1, -0.05) is 35.9 Å². The quantitative estimate of drug-likeness (QED) is 0.708. The number of aliphatic hydroxyl groups excluding tert-OH is 1. The molecule has 0 atom stereocenters. The van der Waals surface area contributed by atoms with E-state index in [-0.39, 0.29) is 6.61 Å². The zero-order valence-electron chi connectivity index (χ0n) is 7.54. The van der Waals surface area contributed by atoms with Gasteiger partial charge < -0.3 is 5.11 Å². The largest absolute Gasteiger partial charge is 0.392 e. The fraction of sp³-hybridized carbons (Fsp3) is 0.273. The Morgan fingerprint density at radius 2 is 1.75 bits per heavy atom. The van der Waals surface area contributed by atoms with Crippen molar-refractivity contribution in [1.29, 1.82) is 0 Å². The van der Waals surface area contributed by atoms with Gasteiger partial charge in [0.15, 0.2) is 0 Å². The fourth-order valence-electron chi connectivity index (χ4n) is 1.18. The first-order chi connectivity index (χ1) is 5.75. The highest BCUT2D eigenvalue weighted by atomic mass is 16.3. The van der Waals surface area contributed by atoms with Crippen molar-refractivity contribution in [3.8, 4) is 0 Å². The Labute approximate surface area is 73.4 Å². The molecule has 0 radical (unpaired) electrons. The third kappa shape index (κ3) is 1.95. The second-order valence-electron chi connectivity index (χ2n) is 3.00. The van der Waals surface area contributed by atoms with Crippen LogP contribution >= 0.6 is 0 Å². The smallest absolute Gasteiger partial charge is 0.0687 e. The lowest BCUT2D eigenvalue weighted by molar-refractivity contribution is 0.349. The van der Waals surface area contributed by atoms with Gasteiger partial charge in [0.2, 0.25) is 0 Å². The fourth-order valence-corrected chi connectivity index (χ4v) is 1.18. The molecule has 1 aromatic carbocycles. The predicted octanol–water partition coefficient (Wildman–Crippen LogP) is 2.47. The van der Waals surface area contributed by atoms with E-state index >= 15 is 0 Å². The number of rotatable bonds is 2. The number of aliphatic hydroxyl groups is 1. The van der Waals surface area contributed by atoms with Crippen molar-refractivity contribution in [2.75, 3.05) is 6.61 Å². The third-order valence-electron chi connectivity index (χ3n) is 1.88. The number of hydrogen-bond donors (Lipinski definition) is 1. The predicted molar refractivity (Wildman–Crippen MR) is 51.8 cm³/mol. The standard InChI is InChI=1S/C11H14O/c1-9(2)11(8-12)10-6-4-3-5-7-10/h3-7,12H,8H2,1-2H3. The number of allylic oxidation sites excluding steroid dienone is 1. The van der Waals surface area contributed by atoms with Crippen molar-refractivity contribution in [2.45, 2.75) is 13.8 Å². The molecule has 64 valence electrons. The Bertz CT molecular complexity index is 268. The molecule has 0 unspecified atom stereocenters. The molecule has 12 heavy (non-hydrogen) atoms. The summed E-state index contributed by atoms with van der Waals surface area (Å²) in [5.74, 6) is 0. The molecule has 0 saturated carbocycles. The molecule has 0 fully saturated rings. The highest BCUT2D eigenvalue weighted by Gasteiger charge is 1.99. The normalized spacial score (nSPS) is 9.58. The molecule has 1 nitrogen and oxygen atoms in total. The lowest BCUT2D eigenvalue weighted by Crippen LogP contribution is -1.92. The maximum atomic E-state index is 9.09. The molecule has 0 aliphatic carbocycles. The van der Waals surface area contributed by atoms with Crippen molar-refractivity contribution in [3.63, 3.8) is 0 Å². The van der Waals surface area contributed by atoms with Gasteiger partial charge in [-0.25, -0.2) is 0 Å². The SMILES string of the molecule is CC(C)=C(CO)c1ccccc1. The lowest BCUT2D eigenvalue weighted by atomic mass is 10.0. The molecule has 0 aromatic heterocycles. The summed E-state index contributed by atoms with van der Waals surface area (Å²) in [7, 11) is 0. The van der Waals surface area contributed by atoms with Crippen molar-refractivity contribution < 1.29 is 5.11 Å². The Balaban J connectivity index is 3.05. The van der Waals surface area contributed by atoms with Gasteiger partial charge in [-0.15, -0.1) is 0 Å². The van der Waals surface area contributed by atoms with E-state index in [9.17, 15) is 0 Å². The molecule has 0 aliphatic rings. The first-order valence-corrected chi connectivity index (χ1v) is 4.08. The first kappa shape index (κ1) is 9.01. The second kappa shape index (κ2) is 4.07. The van der Waals surface area contributed by atoms with Crippen LogP contribution in [0.25, 0.3) is 5.57 Å². The van der Waals surface area contributed by atoms with Crippen LogP contribution in [0, 0.1) is 0 Å². The minimum Gasteiger partial charge on any atom is -0.392 e. The Hall–Kier alpha value is -1.08. The van der Waals surface area contributed by atoms with E-state index in [0.717, 1.165) is 11.1 Å². The van der Waals surface area contributed by atoms with Crippen LogP contribution in [0.1, 0.15) is 19.4 Å². The summed E-state index contributed by atoms with van der Waals surface area (Å²) in [4.78, 5) is 0. The van der Waals surface area contributed by atoms with Crippen LogP contribution in [-0.2, 0) is 0 Å². The van der Waals surface area contributed by atoms with E-state index in [1.54, 1.807) is 0 Å². The van der Waals surface area contributed by atoms with E-state index < -0.39 is 0 Å². The van der Waals surface area contributed by atoms with Crippen LogP contribution in [0.3, 0.4) is 0 Å². The van der Waals surface area contributed by atoms with Crippen molar-refractivity contribution >= 4 is 5.57 Å². The summed E-state index contributed by atoms with van der Waals surface area (Å²) < 4.78 is 0. The summed E-state index contributed by atoms with van der Waals surface area (Å²) in [6, 6.07) is 9.96. The third-order valence-corrected chi connectivity index (χ3v) is 1.88. The van der Waals surface area contributed by atoms with E-state index in [0.29, 0.717) is 0 Å². The number of hydrogen-bond acceptors (Lipinski definition) is 1. The van der Waals surface area contributed by atoms with E-state index in [2.05, 4.69) is 0 Å². The highest BCUT2D eigenvalue weighted by molar-refractivity contribution is 5.68. The molecule has 0 heterocycles. The summed E-state index contributed by atoms with van der Waals surface area (Å²) in [6.07, 6.45) is 0. The molecule has 0 aliphatic heterocycles. The van der Waals surface area contributed by atoms with Crippen LogP contribution < -0.4 is 0 Å². The monoisotopic (exact) mass is 162 g/mol. The molecular weight excluding hydrogens is 148 g/mol. The number of benzene rings is 1. The van der Waals surface area contributed by atoms with Gasteiger partial charge in [-0.2, -0.15) is 0 Å². The van der Waals surface area contributed by atoms with Gasteiger partial charge in [0, 0.05) is 0 Å². The molecule has 1 aromatic rings. The topological polar surface area (TPSA) is 20.2 Å². The van der Waals surface area contributed by atoms with Gasteiger partial charge in [0.05, 0.1) is 6.61 Å². The summed E-state index contributed by atoms with van der Waals surface area (Å²) in [5, 5.41) is 9.09. The molecule has 0 spiro atoms. The summed E-state index contributed by atoms with van der Waals surface area (Å²) >= 11 is 0. The van der Waals surface area contributed by atoms with Crippen molar-refractivity contribution in [3.05, 3.63) is 41.5 Å². The minimum absolute atomic E-state index is 0.117. The van der Waals surface area contributed by atoms with Gasteiger partial charge >= 0.3 is 0 Å². The second-order valence-corrected chi connectivity index (χ2v) is 3.00. The Kier molecular flexibility index (Phi) is 3.06. The molecular formula is C11H14O. The Morgan fingerprint density at radius 1 is 1.17 bits per heavy atom. The maximum absolute atomic E-state index is 9.09. The average molecular weight is 162 g/mol. The van der Waals surface area contributed by atoms with E-state index in [1.807, 2.05) is 44.2 Å². The molecule has 1 rings (SSSR count). The van der Waals surface area contributed by atoms with Gasteiger partial charge in [-0.05, 0) is 25.0 Å². The molecule has 1 heteroatoms. The molecule has 0 bridgehead atoms. The maximum Gasteiger partial charge on any atom is 0.0687 e. The first-order valence-electron chi connectivity index (χ1n) is 4.08. The van der Waals surface area contributed by atoms with Gasteiger partial charge in [0.1, 0.15) is 0 Å². The van der Waals surface area contributed by atoms with E-state index in [4.69, 9.17) is 5.11 Å². The zero-order chi connectivity index (χ0) is 8.97. The van der Waals surface area contributed by atoms with Gasteiger partial charge in [0.25, 0.3) is 0 Å². The lowest BCUT2D eigenvalue weighted by Gasteiger charge is -2.05. The summed E-state index contributed by atoms with van der Waals surface area (Å²) in [6.45, 7) is 4.14. The summed E-state index contributed by atoms with van der Waals surface area (Å²) in [5.41, 5.74) is 3.30. The van der Waals surface area contributed by atoms with E-state index in [1.165, 1.54) is 5.57 Å².